The maximum atomic E-state index is 12.3. The van der Waals surface area contributed by atoms with Crippen LogP contribution in [0.1, 0.15) is 24.4 Å². The molecule has 1 atom stereocenters. The fourth-order valence-electron chi connectivity index (χ4n) is 2.47. The molecule has 2 aromatic rings. The quantitative estimate of drug-likeness (QED) is 0.401. The van der Waals surface area contributed by atoms with Crippen molar-refractivity contribution in [1.29, 1.82) is 0 Å². The lowest BCUT2D eigenvalue weighted by Gasteiger charge is -2.16. The number of aryl methyl sites for hydroxylation is 1. The van der Waals surface area contributed by atoms with Gasteiger partial charge in [0.1, 0.15) is 23.2 Å². The Morgan fingerprint density at radius 1 is 1.30 bits per heavy atom. The van der Waals surface area contributed by atoms with Gasteiger partial charge in [0.2, 0.25) is 0 Å². The van der Waals surface area contributed by atoms with E-state index < -0.39 is 16.9 Å². The van der Waals surface area contributed by atoms with Crippen LogP contribution in [0.5, 0.6) is 5.75 Å². The third-order valence-electron chi connectivity index (χ3n) is 3.86. The summed E-state index contributed by atoms with van der Waals surface area (Å²) >= 11 is 5.12. The van der Waals surface area contributed by atoms with Gasteiger partial charge in [-0.2, -0.15) is 5.10 Å². The number of nitrogens with zero attached hydrogens (tertiary/aromatic N) is 3. The van der Waals surface area contributed by atoms with Crippen LogP contribution in [0.15, 0.2) is 24.3 Å². The zero-order valence-corrected chi connectivity index (χ0v) is 16.1. The second-order valence-corrected chi connectivity index (χ2v) is 6.10. The average Bonchev–Trinajstić information content (AvgIpc) is 2.94. The molecule has 0 spiro atoms. The highest BCUT2D eigenvalue weighted by atomic mass is 32.1. The first-order valence-electron chi connectivity index (χ1n) is 7.95. The van der Waals surface area contributed by atoms with Crippen molar-refractivity contribution in [2.45, 2.75) is 26.8 Å². The Hall–Kier alpha value is -3.21. The van der Waals surface area contributed by atoms with Crippen molar-refractivity contribution >= 4 is 34.6 Å². The van der Waals surface area contributed by atoms with Crippen molar-refractivity contribution < 1.29 is 14.5 Å². The van der Waals surface area contributed by atoms with E-state index in [2.05, 4.69) is 21.3 Å². The van der Waals surface area contributed by atoms with Gasteiger partial charge >= 0.3 is 5.69 Å². The maximum Gasteiger partial charge on any atom is 0.312 e. The number of nitro groups is 1. The molecule has 0 radical (unpaired) electrons. The van der Waals surface area contributed by atoms with Crippen molar-refractivity contribution in [2.75, 3.05) is 12.4 Å². The van der Waals surface area contributed by atoms with E-state index in [0.717, 1.165) is 0 Å². The minimum absolute atomic E-state index is 0.0979. The van der Waals surface area contributed by atoms with Crippen molar-refractivity contribution in [1.82, 2.24) is 20.6 Å². The number of methoxy groups -OCH3 is 1. The van der Waals surface area contributed by atoms with E-state index in [1.807, 2.05) is 0 Å². The number of amides is 1. The lowest BCUT2D eigenvalue weighted by atomic mass is 10.3. The first kappa shape index (κ1) is 20.1. The van der Waals surface area contributed by atoms with Crippen molar-refractivity contribution in [3.63, 3.8) is 0 Å². The number of hydrogen-bond donors (Lipinski definition) is 3. The van der Waals surface area contributed by atoms with Crippen LogP contribution in [0.2, 0.25) is 0 Å². The molecular weight excluding hydrogens is 372 g/mol. The molecule has 0 fully saturated rings. The number of hydrazine groups is 1. The minimum atomic E-state index is -0.770. The Morgan fingerprint density at radius 2 is 1.93 bits per heavy atom. The van der Waals surface area contributed by atoms with Gasteiger partial charge in [0.15, 0.2) is 5.11 Å². The summed E-state index contributed by atoms with van der Waals surface area (Å²) in [6.45, 7) is 4.66. The molecule has 0 aliphatic heterocycles. The van der Waals surface area contributed by atoms with Gasteiger partial charge in [0, 0.05) is 5.69 Å². The van der Waals surface area contributed by atoms with Gasteiger partial charge in [0.25, 0.3) is 5.91 Å². The van der Waals surface area contributed by atoms with Gasteiger partial charge in [-0.3, -0.25) is 30.4 Å². The molecule has 1 aromatic heterocycles. The molecule has 0 bridgehead atoms. The molecule has 10 nitrogen and oxygen atoms in total. The van der Waals surface area contributed by atoms with Crippen LogP contribution in [0.3, 0.4) is 0 Å². The van der Waals surface area contributed by atoms with E-state index in [1.165, 1.54) is 11.6 Å². The molecule has 144 valence electrons. The molecule has 1 amide bonds. The largest absolute Gasteiger partial charge is 0.497 e. The number of hydrogen-bond acceptors (Lipinski definition) is 6. The van der Waals surface area contributed by atoms with Gasteiger partial charge in [-0.1, -0.05) is 0 Å². The molecule has 0 saturated heterocycles. The summed E-state index contributed by atoms with van der Waals surface area (Å²) in [4.78, 5) is 22.9. The Balaban J connectivity index is 1.95. The van der Waals surface area contributed by atoms with Gasteiger partial charge in [-0.05, 0) is 57.3 Å². The zero-order valence-electron chi connectivity index (χ0n) is 15.3. The summed E-state index contributed by atoms with van der Waals surface area (Å²) in [6.07, 6.45) is 0. The molecule has 27 heavy (non-hydrogen) atoms. The Bertz CT molecular complexity index is 865. The SMILES string of the molecule is COc1ccc(NC(=S)NNC(=O)[C@H](C)n2nc(C)c([N+](=O)[O-])c2C)cc1. The molecule has 1 aromatic carbocycles. The van der Waals surface area contributed by atoms with Gasteiger partial charge < -0.3 is 10.1 Å². The number of anilines is 1. The second kappa shape index (κ2) is 8.45. The third-order valence-corrected chi connectivity index (χ3v) is 4.07. The highest BCUT2D eigenvalue weighted by Crippen LogP contribution is 2.24. The van der Waals surface area contributed by atoms with Crippen LogP contribution in [0.4, 0.5) is 11.4 Å². The summed E-state index contributed by atoms with van der Waals surface area (Å²) < 4.78 is 6.38. The third kappa shape index (κ3) is 4.70. The molecular formula is C16H20N6O4S. The predicted molar refractivity (Wildman–Crippen MR) is 104 cm³/mol. The standard InChI is InChI=1S/C16H20N6O4S/c1-9-14(22(24)25)10(2)21(20-9)11(3)15(23)18-19-16(27)17-12-5-7-13(26-4)8-6-12/h5-8,11H,1-4H3,(H,18,23)(H2,17,19,27)/t11-/m0/s1. The molecule has 0 unspecified atom stereocenters. The van der Waals surface area contributed by atoms with Crippen LogP contribution in [-0.2, 0) is 4.79 Å². The zero-order chi connectivity index (χ0) is 20.1. The summed E-state index contributed by atoms with van der Waals surface area (Å²) in [7, 11) is 1.57. The number of ether oxygens (including phenoxy) is 1. The second-order valence-electron chi connectivity index (χ2n) is 5.69. The van der Waals surface area contributed by atoms with E-state index in [-0.39, 0.29) is 16.5 Å². The van der Waals surface area contributed by atoms with Gasteiger partial charge in [-0.15, -0.1) is 0 Å². The van der Waals surface area contributed by atoms with Crippen molar-refractivity contribution in [2.24, 2.45) is 0 Å². The predicted octanol–water partition coefficient (Wildman–Crippen LogP) is 2.00. The summed E-state index contributed by atoms with van der Waals surface area (Å²) in [5.74, 6) is 0.259. The van der Waals surface area contributed by atoms with Crippen LogP contribution in [-0.4, -0.2) is 32.8 Å². The van der Waals surface area contributed by atoms with E-state index in [1.54, 1.807) is 45.2 Å². The number of carbonyl (C=O) groups excluding carboxylic acids is 1. The highest BCUT2D eigenvalue weighted by Gasteiger charge is 2.27. The van der Waals surface area contributed by atoms with E-state index in [9.17, 15) is 14.9 Å². The Labute approximate surface area is 161 Å². The normalized spacial score (nSPS) is 11.4. The lowest BCUT2D eigenvalue weighted by Crippen LogP contribution is -2.46. The smallest absolute Gasteiger partial charge is 0.312 e. The van der Waals surface area contributed by atoms with Crippen LogP contribution < -0.4 is 20.9 Å². The molecule has 0 aliphatic rings. The first-order chi connectivity index (χ1) is 12.7. The fourth-order valence-corrected chi connectivity index (χ4v) is 2.64. The lowest BCUT2D eigenvalue weighted by molar-refractivity contribution is -0.386. The number of carbonyl (C=O) groups is 1. The Kier molecular flexibility index (Phi) is 6.29. The molecule has 0 saturated carbocycles. The molecule has 11 heteroatoms. The summed E-state index contributed by atoms with van der Waals surface area (Å²) in [6, 6.07) is 6.30. The van der Waals surface area contributed by atoms with E-state index >= 15 is 0 Å². The molecule has 3 N–H and O–H groups in total. The Morgan fingerprint density at radius 3 is 2.44 bits per heavy atom. The number of rotatable bonds is 5. The number of aromatic nitrogens is 2. The van der Waals surface area contributed by atoms with E-state index in [4.69, 9.17) is 17.0 Å². The van der Waals surface area contributed by atoms with Crippen LogP contribution >= 0.6 is 12.2 Å². The van der Waals surface area contributed by atoms with Gasteiger partial charge in [0.05, 0.1) is 12.0 Å². The van der Waals surface area contributed by atoms with Crippen molar-refractivity contribution in [3.8, 4) is 5.75 Å². The topological polar surface area (TPSA) is 123 Å². The molecule has 1 heterocycles. The number of thiocarbonyl (C=S) groups is 1. The van der Waals surface area contributed by atoms with Crippen LogP contribution in [0, 0.1) is 24.0 Å². The maximum absolute atomic E-state index is 12.3. The number of benzene rings is 1. The number of nitrogens with one attached hydrogen (secondary N) is 3. The fraction of sp³-hybridized carbons (Fsp3) is 0.312. The molecule has 2 rings (SSSR count). The molecule has 0 aliphatic carbocycles. The summed E-state index contributed by atoms with van der Waals surface area (Å²) in [5, 5.41) is 18.3. The highest BCUT2D eigenvalue weighted by molar-refractivity contribution is 7.80. The van der Waals surface area contributed by atoms with E-state index in [0.29, 0.717) is 17.1 Å². The van der Waals surface area contributed by atoms with Crippen molar-refractivity contribution in [3.05, 3.63) is 45.8 Å². The van der Waals surface area contributed by atoms with Crippen LogP contribution in [0.25, 0.3) is 0 Å². The first-order valence-corrected chi connectivity index (χ1v) is 8.36. The van der Waals surface area contributed by atoms with Gasteiger partial charge in [-0.25, -0.2) is 0 Å². The average molecular weight is 392 g/mol. The monoisotopic (exact) mass is 392 g/mol. The summed E-state index contributed by atoms with van der Waals surface area (Å²) in [5.41, 5.74) is 6.22. The minimum Gasteiger partial charge on any atom is -0.497 e.